The quantitative estimate of drug-likeness (QED) is 0.507. The molecule has 0 aliphatic carbocycles. The first kappa shape index (κ1) is 11.7. The fraction of sp³-hybridized carbons (Fsp3) is 0.545. The smallest absolute Gasteiger partial charge is 0.120 e. The average molecular weight is 207 g/mol. The van der Waals surface area contributed by atoms with Gasteiger partial charge in [0.1, 0.15) is 7.85 Å². The Labute approximate surface area is 90.3 Å². The Morgan fingerprint density at radius 1 is 1.29 bits per heavy atom. The molecule has 1 aromatic heterocycles. The van der Waals surface area contributed by atoms with Crippen molar-refractivity contribution >= 4 is 17.1 Å². The van der Waals surface area contributed by atoms with Crippen LogP contribution in [0.25, 0.3) is 0 Å². The molecule has 0 aliphatic heterocycles. The number of pyridine rings is 1. The van der Waals surface area contributed by atoms with E-state index in [-0.39, 0.29) is 10.5 Å². The molecule has 1 nitrogen and oxygen atoms in total. The molecule has 3 heteroatoms. The molecule has 0 amide bonds. The van der Waals surface area contributed by atoms with Crippen LogP contribution in [0.3, 0.4) is 0 Å². The van der Waals surface area contributed by atoms with Crippen LogP contribution in [0.2, 0.25) is 0 Å². The number of hydrogen-bond acceptors (Lipinski definition) is 1. The summed E-state index contributed by atoms with van der Waals surface area (Å²) in [4.78, 5) is 4.25. The molecule has 0 saturated heterocycles. The minimum Gasteiger partial charge on any atom is -0.264 e. The zero-order valence-corrected chi connectivity index (χ0v) is 10.9. The number of aryl methyl sites for hydroxylation is 1. The minimum atomic E-state index is 0.0754. The number of rotatable bonds is 1. The lowest BCUT2D eigenvalue weighted by atomic mass is 9.64. The summed E-state index contributed by atoms with van der Waals surface area (Å²) in [5.74, 6) is 0. The zero-order valence-electron chi connectivity index (χ0n) is 9.76. The molecule has 1 rings (SSSR count). The Hall–Kier alpha value is -0.355. The molecule has 1 heterocycles. The minimum absolute atomic E-state index is 0.0754. The molecular weight excluding hydrogens is 188 g/mol. The van der Waals surface area contributed by atoms with Crippen LogP contribution in [-0.2, 0) is 5.06 Å². The summed E-state index contributed by atoms with van der Waals surface area (Å²) >= 11 is 0. The Morgan fingerprint density at radius 2 is 1.86 bits per heavy atom. The standard InChI is InChI=1S/C11H19BNP/c1-8-5-9(7-13-6-8)11(12,14)10(2,3)4/h5-7H,12,14H2,1-4H3. The highest BCUT2D eigenvalue weighted by molar-refractivity contribution is 7.21. The molecule has 76 valence electrons. The lowest BCUT2D eigenvalue weighted by Gasteiger charge is -2.39. The van der Waals surface area contributed by atoms with Crippen LogP contribution in [0, 0.1) is 12.3 Å². The van der Waals surface area contributed by atoms with Gasteiger partial charge in [-0.05, 0) is 28.5 Å². The van der Waals surface area contributed by atoms with Crippen molar-refractivity contribution in [2.24, 2.45) is 5.41 Å². The molecule has 0 bridgehead atoms. The average Bonchev–Trinajstić information content (AvgIpc) is 2.02. The largest absolute Gasteiger partial charge is 0.264 e. The topological polar surface area (TPSA) is 12.9 Å². The van der Waals surface area contributed by atoms with Gasteiger partial charge in [0.2, 0.25) is 0 Å². The molecule has 1 aromatic rings. The Kier molecular flexibility index (Phi) is 3.06. The van der Waals surface area contributed by atoms with Gasteiger partial charge in [-0.2, -0.15) is 0 Å². The third-order valence-corrected chi connectivity index (χ3v) is 4.23. The van der Waals surface area contributed by atoms with Crippen LogP contribution in [0.1, 0.15) is 31.9 Å². The van der Waals surface area contributed by atoms with Crippen LogP contribution >= 0.6 is 9.24 Å². The summed E-state index contributed by atoms with van der Waals surface area (Å²) in [7, 11) is 5.20. The maximum Gasteiger partial charge on any atom is 0.120 e. The summed E-state index contributed by atoms with van der Waals surface area (Å²) in [6.45, 7) is 8.84. The van der Waals surface area contributed by atoms with E-state index in [9.17, 15) is 0 Å². The van der Waals surface area contributed by atoms with E-state index < -0.39 is 0 Å². The Morgan fingerprint density at radius 3 is 2.29 bits per heavy atom. The lowest BCUT2D eigenvalue weighted by molar-refractivity contribution is 0.364. The van der Waals surface area contributed by atoms with Gasteiger partial charge in [-0.1, -0.05) is 26.8 Å². The monoisotopic (exact) mass is 207 g/mol. The Bertz CT molecular complexity index is 328. The van der Waals surface area contributed by atoms with Crippen molar-refractivity contribution in [3.8, 4) is 0 Å². The molecule has 0 saturated carbocycles. The predicted octanol–water partition coefficient (Wildman–Crippen LogP) is 2.10. The van der Waals surface area contributed by atoms with Crippen LogP contribution in [-0.4, -0.2) is 12.8 Å². The first-order chi connectivity index (χ1) is 6.25. The zero-order chi connectivity index (χ0) is 11.0. The summed E-state index contributed by atoms with van der Waals surface area (Å²) in [5.41, 5.74) is 2.73. The summed E-state index contributed by atoms with van der Waals surface area (Å²) in [5, 5.41) is 0.0754. The van der Waals surface area contributed by atoms with E-state index >= 15 is 0 Å². The molecule has 0 N–H and O–H groups in total. The normalized spacial score (nSPS) is 16.4. The van der Waals surface area contributed by atoms with E-state index in [1.807, 2.05) is 12.4 Å². The molecule has 2 atom stereocenters. The molecular formula is C11H19BNP. The molecule has 0 fully saturated rings. The summed E-state index contributed by atoms with van der Waals surface area (Å²) in [6, 6.07) is 2.21. The molecule has 0 spiro atoms. The van der Waals surface area contributed by atoms with Gasteiger partial charge in [0.25, 0.3) is 0 Å². The molecule has 0 aliphatic rings. The van der Waals surface area contributed by atoms with Gasteiger partial charge < -0.3 is 0 Å². The number of nitrogens with zero attached hydrogens (tertiary/aromatic N) is 1. The predicted molar refractivity (Wildman–Crippen MR) is 68.4 cm³/mol. The van der Waals surface area contributed by atoms with E-state index in [1.165, 1.54) is 11.1 Å². The first-order valence-electron chi connectivity index (χ1n) is 4.96. The van der Waals surface area contributed by atoms with Crippen molar-refractivity contribution in [1.29, 1.82) is 0 Å². The molecule has 0 radical (unpaired) electrons. The van der Waals surface area contributed by atoms with Gasteiger partial charge in [0, 0.05) is 12.4 Å². The third kappa shape index (κ3) is 2.17. The van der Waals surface area contributed by atoms with E-state index in [1.54, 1.807) is 0 Å². The highest BCUT2D eigenvalue weighted by Gasteiger charge is 2.34. The van der Waals surface area contributed by atoms with Crippen molar-refractivity contribution in [1.82, 2.24) is 4.98 Å². The second-order valence-electron chi connectivity index (χ2n) is 5.20. The van der Waals surface area contributed by atoms with Crippen LogP contribution in [0.4, 0.5) is 0 Å². The van der Waals surface area contributed by atoms with Crippen LogP contribution < -0.4 is 0 Å². The van der Waals surface area contributed by atoms with Gasteiger partial charge >= 0.3 is 0 Å². The molecule has 0 aromatic carbocycles. The van der Waals surface area contributed by atoms with Crippen molar-refractivity contribution in [2.45, 2.75) is 32.8 Å². The maximum absolute atomic E-state index is 4.25. The summed E-state index contributed by atoms with van der Waals surface area (Å²) in [6.07, 6.45) is 3.86. The van der Waals surface area contributed by atoms with Gasteiger partial charge in [-0.25, -0.2) is 0 Å². The third-order valence-electron chi connectivity index (χ3n) is 3.03. The van der Waals surface area contributed by atoms with E-state index in [0.29, 0.717) is 0 Å². The van der Waals surface area contributed by atoms with Crippen molar-refractivity contribution in [3.05, 3.63) is 29.6 Å². The van der Waals surface area contributed by atoms with Gasteiger partial charge in [0.05, 0.1) is 0 Å². The second kappa shape index (κ2) is 3.66. The number of aromatic nitrogens is 1. The first-order valence-corrected chi connectivity index (χ1v) is 5.54. The van der Waals surface area contributed by atoms with Gasteiger partial charge in [-0.3, -0.25) is 4.98 Å². The fourth-order valence-electron chi connectivity index (χ4n) is 1.27. The highest BCUT2D eigenvalue weighted by atomic mass is 31.0. The number of hydrogen-bond donors (Lipinski definition) is 0. The fourth-order valence-corrected chi connectivity index (χ4v) is 1.43. The van der Waals surface area contributed by atoms with E-state index in [4.69, 9.17) is 0 Å². The molecule has 2 unspecified atom stereocenters. The summed E-state index contributed by atoms with van der Waals surface area (Å²) < 4.78 is 0. The van der Waals surface area contributed by atoms with E-state index in [0.717, 1.165) is 0 Å². The van der Waals surface area contributed by atoms with Gasteiger partial charge in [0.15, 0.2) is 0 Å². The maximum atomic E-state index is 4.25. The second-order valence-corrected chi connectivity index (χ2v) is 6.36. The lowest BCUT2D eigenvalue weighted by Crippen LogP contribution is -2.34. The van der Waals surface area contributed by atoms with Gasteiger partial charge in [-0.15, -0.1) is 9.24 Å². The van der Waals surface area contributed by atoms with Crippen molar-refractivity contribution in [3.63, 3.8) is 0 Å². The SMILES string of the molecule is BC(P)(c1cncc(C)c1)C(C)(C)C. The van der Waals surface area contributed by atoms with Crippen LogP contribution in [0.15, 0.2) is 18.5 Å². The van der Waals surface area contributed by atoms with Crippen LogP contribution in [0.5, 0.6) is 0 Å². The van der Waals surface area contributed by atoms with E-state index in [2.05, 4.69) is 55.8 Å². The molecule has 14 heavy (non-hydrogen) atoms. The highest BCUT2D eigenvalue weighted by Crippen LogP contribution is 2.43. The van der Waals surface area contributed by atoms with Crippen molar-refractivity contribution < 1.29 is 0 Å². The Balaban J connectivity index is 3.16. The van der Waals surface area contributed by atoms with Crippen molar-refractivity contribution in [2.75, 3.05) is 0 Å².